The second-order valence-electron chi connectivity index (χ2n) is 4.39. The van der Waals surface area contributed by atoms with Crippen molar-refractivity contribution in [3.63, 3.8) is 0 Å². The molecule has 0 bridgehead atoms. The Bertz CT molecular complexity index is 694. The van der Waals surface area contributed by atoms with E-state index in [4.69, 9.17) is 10.2 Å². The lowest BCUT2D eigenvalue weighted by molar-refractivity contribution is -0.140. The van der Waals surface area contributed by atoms with Gasteiger partial charge in [-0.05, 0) is 18.6 Å². The number of amides is 1. The van der Waals surface area contributed by atoms with Crippen molar-refractivity contribution in [2.75, 3.05) is 0 Å². The molecule has 0 radical (unpaired) electrons. The highest BCUT2D eigenvalue weighted by molar-refractivity contribution is 6.02. The molecular formula is C13H13N3O5. The molecule has 0 aliphatic rings. The summed E-state index contributed by atoms with van der Waals surface area (Å²) in [5.41, 5.74) is 0.773. The highest BCUT2D eigenvalue weighted by Gasteiger charge is 2.23. The molecule has 0 saturated carbocycles. The van der Waals surface area contributed by atoms with Gasteiger partial charge in [-0.1, -0.05) is 6.07 Å². The number of nitrogens with zero attached hydrogens (tertiary/aromatic N) is 2. The fourth-order valence-electron chi connectivity index (χ4n) is 1.87. The average molecular weight is 291 g/mol. The number of aliphatic carboxylic acids is 2. The van der Waals surface area contributed by atoms with Gasteiger partial charge in [0.15, 0.2) is 0 Å². The molecule has 1 unspecified atom stereocenters. The van der Waals surface area contributed by atoms with E-state index in [1.165, 1.54) is 10.7 Å². The van der Waals surface area contributed by atoms with Crippen molar-refractivity contribution in [1.82, 2.24) is 14.9 Å². The zero-order valence-corrected chi connectivity index (χ0v) is 10.9. The second kappa shape index (κ2) is 6.04. The molecule has 8 heteroatoms. The molecule has 0 aliphatic heterocycles. The molecule has 3 N–H and O–H groups in total. The lowest BCUT2D eigenvalue weighted by Crippen LogP contribution is -2.41. The summed E-state index contributed by atoms with van der Waals surface area (Å²) in [6.45, 7) is 0. The third-order valence-electron chi connectivity index (χ3n) is 2.92. The van der Waals surface area contributed by atoms with Crippen LogP contribution in [-0.2, 0) is 9.59 Å². The second-order valence-corrected chi connectivity index (χ2v) is 4.39. The van der Waals surface area contributed by atoms with E-state index in [9.17, 15) is 14.4 Å². The summed E-state index contributed by atoms with van der Waals surface area (Å²) in [7, 11) is 0. The Labute approximate surface area is 119 Å². The predicted octanol–water partition coefficient (Wildman–Crippen LogP) is 0.382. The first-order valence-electron chi connectivity index (χ1n) is 6.17. The van der Waals surface area contributed by atoms with Gasteiger partial charge in [-0.2, -0.15) is 5.10 Å². The third-order valence-corrected chi connectivity index (χ3v) is 2.92. The van der Waals surface area contributed by atoms with Crippen LogP contribution >= 0.6 is 0 Å². The van der Waals surface area contributed by atoms with Gasteiger partial charge < -0.3 is 15.5 Å². The molecule has 2 heterocycles. The number of hydrogen-bond donors (Lipinski definition) is 3. The maximum Gasteiger partial charge on any atom is 0.326 e. The van der Waals surface area contributed by atoms with Crippen molar-refractivity contribution >= 4 is 23.4 Å². The van der Waals surface area contributed by atoms with Crippen molar-refractivity contribution in [3.05, 3.63) is 36.2 Å². The van der Waals surface area contributed by atoms with E-state index in [0.29, 0.717) is 5.52 Å². The van der Waals surface area contributed by atoms with Gasteiger partial charge in [0.05, 0.1) is 17.3 Å². The Morgan fingerprint density at radius 3 is 2.71 bits per heavy atom. The minimum absolute atomic E-state index is 0.185. The lowest BCUT2D eigenvalue weighted by Gasteiger charge is -2.12. The number of carboxylic acids is 2. The summed E-state index contributed by atoms with van der Waals surface area (Å²) in [6, 6.07) is 3.89. The largest absolute Gasteiger partial charge is 0.481 e. The SMILES string of the molecule is O=C(O)CCC(NC(=O)c1cnn2ccccc12)C(=O)O. The van der Waals surface area contributed by atoms with Gasteiger partial charge in [-0.15, -0.1) is 0 Å². The summed E-state index contributed by atoms with van der Waals surface area (Å²) < 4.78 is 1.49. The first-order chi connectivity index (χ1) is 9.99. The molecule has 2 aromatic rings. The number of pyridine rings is 1. The Hall–Kier alpha value is -2.90. The van der Waals surface area contributed by atoms with Gasteiger partial charge >= 0.3 is 11.9 Å². The number of carbonyl (C=O) groups excluding carboxylic acids is 1. The Kier molecular flexibility index (Phi) is 4.17. The first kappa shape index (κ1) is 14.5. The van der Waals surface area contributed by atoms with Crippen LogP contribution in [0.1, 0.15) is 23.2 Å². The molecule has 2 rings (SSSR count). The summed E-state index contributed by atoms with van der Waals surface area (Å²) in [6.07, 6.45) is 2.47. The number of hydrogen-bond acceptors (Lipinski definition) is 4. The van der Waals surface area contributed by atoms with Crippen LogP contribution in [0, 0.1) is 0 Å². The average Bonchev–Trinajstić information content (AvgIpc) is 2.86. The Balaban J connectivity index is 2.15. The summed E-state index contributed by atoms with van der Waals surface area (Å²) in [5.74, 6) is -3.00. The standard InChI is InChI=1S/C13H13N3O5/c17-11(18)5-4-9(13(20)21)15-12(19)8-7-14-16-6-2-1-3-10(8)16/h1-3,6-7,9H,4-5H2,(H,15,19)(H,17,18)(H,20,21). The van der Waals surface area contributed by atoms with E-state index < -0.39 is 23.9 Å². The highest BCUT2D eigenvalue weighted by Crippen LogP contribution is 2.10. The van der Waals surface area contributed by atoms with E-state index >= 15 is 0 Å². The van der Waals surface area contributed by atoms with Crippen LogP contribution in [-0.4, -0.2) is 43.7 Å². The van der Waals surface area contributed by atoms with Crippen molar-refractivity contribution in [1.29, 1.82) is 0 Å². The molecule has 2 aromatic heterocycles. The minimum Gasteiger partial charge on any atom is -0.481 e. The Morgan fingerprint density at radius 2 is 2.05 bits per heavy atom. The predicted molar refractivity (Wildman–Crippen MR) is 71.0 cm³/mol. The normalized spacial score (nSPS) is 12.0. The van der Waals surface area contributed by atoms with E-state index in [2.05, 4.69) is 10.4 Å². The zero-order chi connectivity index (χ0) is 15.4. The molecule has 1 atom stereocenters. The van der Waals surface area contributed by atoms with Gasteiger partial charge in [0, 0.05) is 12.6 Å². The van der Waals surface area contributed by atoms with E-state index in [1.807, 2.05) is 0 Å². The van der Waals surface area contributed by atoms with Crippen LogP contribution < -0.4 is 5.32 Å². The number of nitrogens with one attached hydrogen (secondary N) is 1. The fourth-order valence-corrected chi connectivity index (χ4v) is 1.87. The van der Waals surface area contributed by atoms with Crippen LogP contribution in [0.3, 0.4) is 0 Å². The van der Waals surface area contributed by atoms with Crippen LogP contribution in [0.25, 0.3) is 5.52 Å². The summed E-state index contributed by atoms with van der Waals surface area (Å²) >= 11 is 0. The topological polar surface area (TPSA) is 121 Å². The van der Waals surface area contributed by atoms with Crippen LogP contribution in [0.15, 0.2) is 30.6 Å². The quantitative estimate of drug-likeness (QED) is 0.707. The molecule has 0 spiro atoms. The van der Waals surface area contributed by atoms with Crippen molar-refractivity contribution in [2.45, 2.75) is 18.9 Å². The molecule has 8 nitrogen and oxygen atoms in total. The first-order valence-corrected chi connectivity index (χ1v) is 6.17. The fraction of sp³-hybridized carbons (Fsp3) is 0.231. The van der Waals surface area contributed by atoms with Gasteiger partial charge in [0.1, 0.15) is 6.04 Å². The molecule has 1 amide bonds. The van der Waals surface area contributed by atoms with Gasteiger partial charge in [0.2, 0.25) is 0 Å². The van der Waals surface area contributed by atoms with Crippen LogP contribution in [0.5, 0.6) is 0 Å². The zero-order valence-electron chi connectivity index (χ0n) is 10.9. The smallest absolute Gasteiger partial charge is 0.326 e. The van der Waals surface area contributed by atoms with Crippen molar-refractivity contribution in [3.8, 4) is 0 Å². The molecule has 0 saturated heterocycles. The van der Waals surface area contributed by atoms with Crippen molar-refractivity contribution < 1.29 is 24.6 Å². The molecule has 110 valence electrons. The number of aromatic nitrogens is 2. The van der Waals surface area contributed by atoms with Crippen LogP contribution in [0.4, 0.5) is 0 Å². The molecule has 0 aliphatic carbocycles. The van der Waals surface area contributed by atoms with E-state index in [-0.39, 0.29) is 18.4 Å². The monoisotopic (exact) mass is 291 g/mol. The van der Waals surface area contributed by atoms with Gasteiger partial charge in [-0.25, -0.2) is 9.31 Å². The Morgan fingerprint density at radius 1 is 1.29 bits per heavy atom. The maximum atomic E-state index is 12.1. The van der Waals surface area contributed by atoms with Gasteiger partial charge in [-0.3, -0.25) is 9.59 Å². The van der Waals surface area contributed by atoms with Gasteiger partial charge in [0.25, 0.3) is 5.91 Å². The van der Waals surface area contributed by atoms with Crippen LogP contribution in [0.2, 0.25) is 0 Å². The lowest BCUT2D eigenvalue weighted by atomic mass is 10.1. The third kappa shape index (κ3) is 3.35. The number of fused-ring (bicyclic) bond motifs is 1. The minimum atomic E-state index is -1.28. The van der Waals surface area contributed by atoms with E-state index in [0.717, 1.165) is 0 Å². The number of rotatable bonds is 6. The summed E-state index contributed by atoms with van der Waals surface area (Å²) in [4.78, 5) is 33.7. The maximum absolute atomic E-state index is 12.1. The van der Waals surface area contributed by atoms with E-state index in [1.54, 1.807) is 24.4 Å². The molecule has 0 fully saturated rings. The molecule has 21 heavy (non-hydrogen) atoms. The molecule has 0 aromatic carbocycles. The number of carboxylic acid groups (broad SMARTS) is 2. The highest BCUT2D eigenvalue weighted by atomic mass is 16.4. The van der Waals surface area contributed by atoms with Crippen molar-refractivity contribution in [2.24, 2.45) is 0 Å². The summed E-state index contributed by atoms with van der Waals surface area (Å²) in [5, 5.41) is 23.9. The number of carbonyl (C=O) groups is 3. The molecular weight excluding hydrogens is 278 g/mol.